The summed E-state index contributed by atoms with van der Waals surface area (Å²) in [4.78, 5) is 8.69. The van der Waals surface area contributed by atoms with E-state index >= 15 is 0 Å². The van der Waals surface area contributed by atoms with E-state index in [0.717, 1.165) is 22.5 Å². The highest BCUT2D eigenvalue weighted by Crippen LogP contribution is 2.29. The summed E-state index contributed by atoms with van der Waals surface area (Å²) in [5, 5.41) is 0.166. The maximum atomic E-state index is 13.7. The first-order valence-electron chi connectivity index (χ1n) is 5.68. The van der Waals surface area contributed by atoms with Gasteiger partial charge < -0.3 is 0 Å². The Morgan fingerprint density at radius 3 is 2.33 bits per heavy atom. The Bertz CT molecular complexity index is 600. The molecule has 0 spiro atoms. The molecule has 0 aliphatic rings. The van der Waals surface area contributed by atoms with Gasteiger partial charge in [-0.15, -0.1) is 0 Å². The standard InChI is InChI=1S/C14H14ClFN2/c1-7-5-11(6-12(16)13(7)15)14-8(2)9(3)17-10(4)18-14/h5-6H,1-4H3. The van der Waals surface area contributed by atoms with Crippen molar-refractivity contribution < 1.29 is 4.39 Å². The lowest BCUT2D eigenvalue weighted by Crippen LogP contribution is -1.99. The number of rotatable bonds is 1. The summed E-state index contributed by atoms with van der Waals surface area (Å²) in [6, 6.07) is 3.27. The van der Waals surface area contributed by atoms with Gasteiger partial charge in [0.1, 0.15) is 11.6 Å². The predicted molar refractivity (Wildman–Crippen MR) is 71.4 cm³/mol. The lowest BCUT2D eigenvalue weighted by Gasteiger charge is -2.10. The van der Waals surface area contributed by atoms with Crippen molar-refractivity contribution in [3.8, 4) is 11.3 Å². The van der Waals surface area contributed by atoms with Crippen molar-refractivity contribution in [1.29, 1.82) is 0 Å². The molecule has 0 aliphatic heterocycles. The summed E-state index contributed by atoms with van der Waals surface area (Å²) in [6.45, 7) is 7.47. The van der Waals surface area contributed by atoms with Crippen LogP contribution in [-0.4, -0.2) is 9.97 Å². The van der Waals surface area contributed by atoms with Crippen LogP contribution in [-0.2, 0) is 0 Å². The van der Waals surface area contributed by atoms with Crippen molar-refractivity contribution in [3.05, 3.63) is 45.6 Å². The second kappa shape index (κ2) is 4.65. The summed E-state index contributed by atoms with van der Waals surface area (Å²) in [5.41, 5.74) is 4.08. The first kappa shape index (κ1) is 13.0. The Hall–Kier alpha value is -1.48. The van der Waals surface area contributed by atoms with Gasteiger partial charge in [-0.2, -0.15) is 0 Å². The average Bonchev–Trinajstić information content (AvgIpc) is 2.30. The number of hydrogen-bond donors (Lipinski definition) is 0. The molecular weight excluding hydrogens is 251 g/mol. The van der Waals surface area contributed by atoms with Crippen molar-refractivity contribution in [2.45, 2.75) is 27.7 Å². The Morgan fingerprint density at radius 2 is 1.72 bits per heavy atom. The van der Waals surface area contributed by atoms with Crippen LogP contribution in [0.25, 0.3) is 11.3 Å². The van der Waals surface area contributed by atoms with Gasteiger partial charge in [0.05, 0.1) is 10.7 Å². The van der Waals surface area contributed by atoms with E-state index in [9.17, 15) is 4.39 Å². The molecule has 4 heteroatoms. The molecule has 0 fully saturated rings. The van der Waals surface area contributed by atoms with Gasteiger partial charge >= 0.3 is 0 Å². The van der Waals surface area contributed by atoms with Gasteiger partial charge in [-0.05, 0) is 51.0 Å². The molecule has 0 unspecified atom stereocenters. The molecule has 1 aromatic carbocycles. The van der Waals surface area contributed by atoms with Crippen molar-refractivity contribution in [2.75, 3.05) is 0 Å². The van der Waals surface area contributed by atoms with Crippen LogP contribution in [0.1, 0.15) is 22.6 Å². The maximum Gasteiger partial charge on any atom is 0.142 e. The number of halogens is 2. The van der Waals surface area contributed by atoms with E-state index in [0.29, 0.717) is 11.4 Å². The highest BCUT2D eigenvalue weighted by Gasteiger charge is 2.12. The number of aryl methyl sites for hydroxylation is 3. The average molecular weight is 265 g/mol. The Balaban J connectivity index is 2.69. The van der Waals surface area contributed by atoms with E-state index in [-0.39, 0.29) is 5.02 Å². The summed E-state index contributed by atoms with van der Waals surface area (Å²) >= 11 is 5.83. The highest BCUT2D eigenvalue weighted by atomic mass is 35.5. The lowest BCUT2D eigenvalue weighted by molar-refractivity contribution is 0.627. The highest BCUT2D eigenvalue weighted by molar-refractivity contribution is 6.31. The van der Waals surface area contributed by atoms with E-state index < -0.39 is 5.82 Å². The van der Waals surface area contributed by atoms with E-state index in [4.69, 9.17) is 11.6 Å². The maximum absolute atomic E-state index is 13.7. The zero-order valence-electron chi connectivity index (χ0n) is 10.8. The third-order valence-corrected chi connectivity index (χ3v) is 3.46. The molecule has 0 radical (unpaired) electrons. The van der Waals surface area contributed by atoms with Crippen molar-refractivity contribution in [1.82, 2.24) is 9.97 Å². The second-order valence-corrected chi connectivity index (χ2v) is 4.80. The molecule has 1 aromatic heterocycles. The van der Waals surface area contributed by atoms with E-state index in [1.807, 2.05) is 26.8 Å². The van der Waals surface area contributed by atoms with Crippen LogP contribution in [0, 0.1) is 33.5 Å². The fraction of sp³-hybridized carbons (Fsp3) is 0.286. The second-order valence-electron chi connectivity index (χ2n) is 4.42. The zero-order chi connectivity index (χ0) is 13.4. The molecule has 0 saturated carbocycles. The molecule has 0 N–H and O–H groups in total. The first-order chi connectivity index (χ1) is 8.40. The number of hydrogen-bond acceptors (Lipinski definition) is 2. The zero-order valence-corrected chi connectivity index (χ0v) is 11.6. The van der Waals surface area contributed by atoms with E-state index in [1.54, 1.807) is 6.92 Å². The van der Waals surface area contributed by atoms with Gasteiger partial charge in [0.25, 0.3) is 0 Å². The van der Waals surface area contributed by atoms with Crippen LogP contribution in [0.4, 0.5) is 4.39 Å². The van der Waals surface area contributed by atoms with Gasteiger partial charge in [-0.25, -0.2) is 14.4 Å². The molecule has 18 heavy (non-hydrogen) atoms. The topological polar surface area (TPSA) is 25.8 Å². The van der Waals surface area contributed by atoms with E-state index in [2.05, 4.69) is 9.97 Å². The monoisotopic (exact) mass is 264 g/mol. The van der Waals surface area contributed by atoms with Gasteiger partial charge in [-0.3, -0.25) is 0 Å². The largest absolute Gasteiger partial charge is 0.238 e. The smallest absolute Gasteiger partial charge is 0.142 e. The summed E-state index contributed by atoms with van der Waals surface area (Å²) in [7, 11) is 0. The minimum Gasteiger partial charge on any atom is -0.238 e. The number of aromatic nitrogens is 2. The molecule has 0 bridgehead atoms. The summed E-state index contributed by atoms with van der Waals surface area (Å²) in [5.74, 6) is 0.265. The molecule has 2 rings (SSSR count). The summed E-state index contributed by atoms with van der Waals surface area (Å²) in [6.07, 6.45) is 0. The van der Waals surface area contributed by atoms with E-state index in [1.165, 1.54) is 6.07 Å². The molecule has 94 valence electrons. The van der Waals surface area contributed by atoms with Crippen LogP contribution in [0.5, 0.6) is 0 Å². The number of benzene rings is 1. The van der Waals surface area contributed by atoms with Gasteiger partial charge in [0.2, 0.25) is 0 Å². The fourth-order valence-corrected chi connectivity index (χ4v) is 2.02. The third kappa shape index (κ3) is 2.23. The molecule has 0 aliphatic carbocycles. The Kier molecular flexibility index (Phi) is 3.35. The van der Waals surface area contributed by atoms with Crippen LogP contribution < -0.4 is 0 Å². The minimum absolute atomic E-state index is 0.166. The molecule has 0 saturated heterocycles. The molecular formula is C14H14ClFN2. The molecule has 0 amide bonds. The van der Waals surface area contributed by atoms with Crippen LogP contribution in [0.2, 0.25) is 5.02 Å². The number of nitrogens with zero attached hydrogens (tertiary/aromatic N) is 2. The van der Waals surface area contributed by atoms with Gasteiger partial charge in [-0.1, -0.05) is 11.6 Å². The quantitative estimate of drug-likeness (QED) is 0.773. The SMILES string of the molecule is Cc1nc(C)c(C)c(-c2cc(C)c(Cl)c(F)c2)n1. The molecule has 1 heterocycles. The predicted octanol–water partition coefficient (Wildman–Crippen LogP) is 4.17. The fourth-order valence-electron chi connectivity index (χ4n) is 1.91. The van der Waals surface area contributed by atoms with Gasteiger partial charge in [0.15, 0.2) is 0 Å². The summed E-state index contributed by atoms with van der Waals surface area (Å²) < 4.78 is 13.7. The molecule has 2 aromatic rings. The van der Waals surface area contributed by atoms with Crippen molar-refractivity contribution in [2.24, 2.45) is 0 Å². The lowest BCUT2D eigenvalue weighted by atomic mass is 10.0. The van der Waals surface area contributed by atoms with Crippen LogP contribution in [0.3, 0.4) is 0 Å². The van der Waals surface area contributed by atoms with Crippen molar-refractivity contribution in [3.63, 3.8) is 0 Å². The first-order valence-corrected chi connectivity index (χ1v) is 6.06. The van der Waals surface area contributed by atoms with Crippen LogP contribution in [0.15, 0.2) is 12.1 Å². The Morgan fingerprint density at radius 1 is 1.06 bits per heavy atom. The van der Waals surface area contributed by atoms with Crippen molar-refractivity contribution >= 4 is 11.6 Å². The Labute approximate surface area is 111 Å². The third-order valence-electron chi connectivity index (χ3n) is 2.98. The molecule has 2 nitrogen and oxygen atoms in total. The minimum atomic E-state index is -0.417. The van der Waals surface area contributed by atoms with Gasteiger partial charge in [0, 0.05) is 11.3 Å². The normalized spacial score (nSPS) is 10.8. The van der Waals surface area contributed by atoms with Crippen LogP contribution >= 0.6 is 11.6 Å². The molecule has 0 atom stereocenters.